The van der Waals surface area contributed by atoms with Crippen molar-refractivity contribution in [3.05, 3.63) is 0 Å². The van der Waals surface area contributed by atoms with Gasteiger partial charge in [0.05, 0.1) is 0 Å². The maximum atomic E-state index is 4.83. The van der Waals surface area contributed by atoms with Crippen LogP contribution in [0.4, 0.5) is 0 Å². The third-order valence-corrected chi connectivity index (χ3v) is 6.73. The summed E-state index contributed by atoms with van der Waals surface area (Å²) in [4.78, 5) is 12.0. The third kappa shape index (κ3) is 3.80. The van der Waals surface area contributed by atoms with Crippen LogP contribution in [0.2, 0.25) is 0 Å². The van der Waals surface area contributed by atoms with Gasteiger partial charge in [0.1, 0.15) is 0 Å². The van der Waals surface area contributed by atoms with Crippen LogP contribution >= 0.6 is 21.6 Å². The van der Waals surface area contributed by atoms with Crippen molar-refractivity contribution in [2.75, 3.05) is 34.2 Å². The van der Waals surface area contributed by atoms with E-state index >= 15 is 0 Å². The predicted molar refractivity (Wildman–Crippen MR) is 87.6 cm³/mol. The van der Waals surface area contributed by atoms with E-state index in [1.165, 1.54) is 18.0 Å². The van der Waals surface area contributed by atoms with Crippen LogP contribution in [0.1, 0.15) is 26.7 Å². The Morgan fingerprint density at radius 1 is 1.16 bits per heavy atom. The van der Waals surface area contributed by atoms with Crippen molar-refractivity contribution in [3.63, 3.8) is 0 Å². The molecule has 0 amide bonds. The van der Waals surface area contributed by atoms with Crippen molar-refractivity contribution < 1.29 is 0 Å². The van der Waals surface area contributed by atoms with E-state index < -0.39 is 0 Å². The van der Waals surface area contributed by atoms with Gasteiger partial charge in [-0.05, 0) is 69.4 Å². The first-order valence-electron chi connectivity index (χ1n) is 7.03. The molecule has 0 aliphatic carbocycles. The zero-order valence-electron chi connectivity index (χ0n) is 12.7. The average Bonchev–Trinajstić information content (AvgIpc) is 2.85. The molecule has 0 aromatic carbocycles. The molecule has 0 radical (unpaired) electrons. The largest absolute Gasteiger partial charge is 0.351 e. The second kappa shape index (κ2) is 6.70. The molecule has 0 aromatic rings. The predicted octanol–water partition coefficient (Wildman–Crippen LogP) is 2.39. The summed E-state index contributed by atoms with van der Waals surface area (Å²) >= 11 is 0. The maximum Gasteiger partial charge on any atom is 0.172 e. The maximum absolute atomic E-state index is 4.83. The fraction of sp³-hybridized carbons (Fsp3) is 0.923. The van der Waals surface area contributed by atoms with Crippen LogP contribution in [0.15, 0.2) is 4.99 Å². The number of rotatable bonds is 1. The van der Waals surface area contributed by atoms with Crippen LogP contribution in [-0.2, 0) is 0 Å². The topological polar surface area (TPSA) is 22.1 Å². The molecule has 0 aromatic heterocycles. The Balaban J connectivity index is 1.99. The highest BCUT2D eigenvalue weighted by atomic mass is 33.1. The van der Waals surface area contributed by atoms with Crippen molar-refractivity contribution in [2.45, 2.75) is 44.3 Å². The van der Waals surface area contributed by atoms with Crippen molar-refractivity contribution in [2.24, 2.45) is 4.99 Å². The molecule has 1 saturated heterocycles. The molecule has 1 fully saturated rings. The summed E-state index contributed by atoms with van der Waals surface area (Å²) in [5.41, 5.74) is 0.281. The Bertz CT molecular complexity index is 321. The SMILES string of the molecule is CC1CCN(C2=NC(N(C)C)SS2)CCC(C)N1C. The Labute approximate surface area is 125 Å². The molecule has 3 unspecified atom stereocenters. The Morgan fingerprint density at radius 3 is 2.21 bits per heavy atom. The fourth-order valence-electron chi connectivity index (χ4n) is 2.39. The number of hydrogen-bond acceptors (Lipinski definition) is 6. The quantitative estimate of drug-likeness (QED) is 0.692. The summed E-state index contributed by atoms with van der Waals surface area (Å²) in [5, 5.41) is 1.23. The highest BCUT2D eigenvalue weighted by molar-refractivity contribution is 8.82. The minimum Gasteiger partial charge on any atom is -0.351 e. The molecule has 4 nitrogen and oxygen atoms in total. The van der Waals surface area contributed by atoms with Crippen LogP contribution in [0.25, 0.3) is 0 Å². The molecule has 0 N–H and O–H groups in total. The first kappa shape index (κ1) is 15.5. The first-order chi connectivity index (χ1) is 8.99. The van der Waals surface area contributed by atoms with Gasteiger partial charge in [-0.25, -0.2) is 4.99 Å². The minimum absolute atomic E-state index is 0.281. The van der Waals surface area contributed by atoms with Crippen molar-refractivity contribution in [1.29, 1.82) is 0 Å². The molecule has 0 spiro atoms. The smallest absolute Gasteiger partial charge is 0.172 e. The highest BCUT2D eigenvalue weighted by Crippen LogP contribution is 2.38. The Kier molecular flexibility index (Phi) is 5.45. The monoisotopic (exact) mass is 302 g/mol. The van der Waals surface area contributed by atoms with Gasteiger partial charge in [-0.1, -0.05) is 0 Å². The van der Waals surface area contributed by atoms with E-state index in [0.29, 0.717) is 12.1 Å². The van der Waals surface area contributed by atoms with Gasteiger partial charge < -0.3 is 9.80 Å². The van der Waals surface area contributed by atoms with Crippen molar-refractivity contribution >= 4 is 26.8 Å². The van der Waals surface area contributed by atoms with E-state index in [-0.39, 0.29) is 5.50 Å². The number of hydrogen-bond donors (Lipinski definition) is 0. The third-order valence-electron chi connectivity index (χ3n) is 4.17. The van der Waals surface area contributed by atoms with Crippen LogP contribution in [0.3, 0.4) is 0 Å². The molecule has 0 bridgehead atoms. The number of nitrogens with zero attached hydrogens (tertiary/aromatic N) is 4. The van der Waals surface area contributed by atoms with E-state index in [4.69, 9.17) is 4.99 Å². The molecule has 2 aliphatic rings. The van der Waals surface area contributed by atoms with E-state index in [1.54, 1.807) is 0 Å². The van der Waals surface area contributed by atoms with Gasteiger partial charge in [-0.15, -0.1) is 0 Å². The summed E-state index contributed by atoms with van der Waals surface area (Å²) in [6.45, 7) is 6.93. The van der Waals surface area contributed by atoms with Crippen LogP contribution < -0.4 is 0 Å². The van der Waals surface area contributed by atoms with Gasteiger partial charge in [0.15, 0.2) is 10.7 Å². The molecule has 2 heterocycles. The second-order valence-electron chi connectivity index (χ2n) is 5.81. The lowest BCUT2D eigenvalue weighted by Crippen LogP contribution is -2.45. The zero-order chi connectivity index (χ0) is 14.0. The van der Waals surface area contributed by atoms with Gasteiger partial charge in [-0.3, -0.25) is 4.90 Å². The number of amidine groups is 1. The summed E-state index contributed by atoms with van der Waals surface area (Å²) in [5.74, 6) is 0. The second-order valence-corrected chi connectivity index (χ2v) is 8.03. The van der Waals surface area contributed by atoms with Gasteiger partial charge in [-0.2, -0.15) is 0 Å². The van der Waals surface area contributed by atoms with E-state index in [0.717, 1.165) is 13.1 Å². The van der Waals surface area contributed by atoms with Crippen molar-refractivity contribution in [1.82, 2.24) is 14.7 Å². The standard InChI is InChI=1S/C13H26N4S2/c1-10-6-8-17(9-7-11(2)16(10)5)13-14-12(15(3)4)18-19-13/h10-12H,6-9H2,1-5H3. The molecule has 6 heteroatoms. The van der Waals surface area contributed by atoms with Gasteiger partial charge in [0.25, 0.3) is 0 Å². The van der Waals surface area contributed by atoms with E-state index in [1.807, 2.05) is 21.6 Å². The summed E-state index contributed by atoms with van der Waals surface area (Å²) in [7, 11) is 10.1. The Morgan fingerprint density at radius 2 is 1.74 bits per heavy atom. The fourth-order valence-corrected chi connectivity index (χ4v) is 4.98. The molecule has 110 valence electrons. The molecular weight excluding hydrogens is 276 g/mol. The molecular formula is C13H26N4S2. The van der Waals surface area contributed by atoms with Crippen LogP contribution in [0.5, 0.6) is 0 Å². The highest BCUT2D eigenvalue weighted by Gasteiger charge is 2.28. The zero-order valence-corrected chi connectivity index (χ0v) is 14.3. The van der Waals surface area contributed by atoms with Crippen LogP contribution in [-0.4, -0.2) is 71.7 Å². The molecule has 3 atom stereocenters. The molecule has 2 rings (SSSR count). The normalized spacial score (nSPS) is 34.3. The molecule has 2 aliphatic heterocycles. The lowest BCUT2D eigenvalue weighted by molar-refractivity contribution is 0.144. The van der Waals surface area contributed by atoms with Gasteiger partial charge in [0.2, 0.25) is 0 Å². The van der Waals surface area contributed by atoms with Crippen LogP contribution in [0, 0.1) is 0 Å². The van der Waals surface area contributed by atoms with Crippen molar-refractivity contribution in [3.8, 4) is 0 Å². The summed E-state index contributed by atoms with van der Waals surface area (Å²) in [6, 6.07) is 1.31. The van der Waals surface area contributed by atoms with Gasteiger partial charge in [0, 0.05) is 25.2 Å². The summed E-state index contributed by atoms with van der Waals surface area (Å²) in [6.07, 6.45) is 2.44. The molecule has 19 heavy (non-hydrogen) atoms. The van der Waals surface area contributed by atoms with E-state index in [9.17, 15) is 0 Å². The lowest BCUT2D eigenvalue weighted by Gasteiger charge is -2.37. The lowest BCUT2D eigenvalue weighted by atomic mass is 10.1. The van der Waals surface area contributed by atoms with E-state index in [2.05, 4.69) is 49.7 Å². The van der Waals surface area contributed by atoms with Gasteiger partial charge >= 0.3 is 0 Å². The average molecular weight is 303 g/mol. The number of aliphatic imine (C=N–C) groups is 1. The summed E-state index contributed by atoms with van der Waals surface area (Å²) < 4.78 is 0. The Hall–Kier alpha value is 0.0900. The molecule has 0 saturated carbocycles. The minimum atomic E-state index is 0.281. The first-order valence-corrected chi connectivity index (χ1v) is 9.24.